The molecular formula is C20H22FN5O. The lowest BCUT2D eigenvalue weighted by Crippen LogP contribution is -2.24. The molecule has 1 aromatic heterocycles. The van der Waals surface area contributed by atoms with Gasteiger partial charge in [-0.15, -0.1) is 0 Å². The predicted molar refractivity (Wildman–Crippen MR) is 101 cm³/mol. The van der Waals surface area contributed by atoms with Crippen LogP contribution in [0.4, 0.5) is 4.39 Å². The Bertz CT molecular complexity index is 986. The predicted octanol–water partition coefficient (Wildman–Crippen LogP) is 1.98. The first-order chi connectivity index (χ1) is 13.2. The summed E-state index contributed by atoms with van der Waals surface area (Å²) in [4.78, 5) is 12.8. The fourth-order valence-corrected chi connectivity index (χ4v) is 3.52. The molecule has 0 radical (unpaired) electrons. The minimum atomic E-state index is -0.290. The number of rotatable bonds is 5. The maximum absolute atomic E-state index is 13.1. The normalized spacial score (nSPS) is 14.7. The third-order valence-electron chi connectivity index (χ3n) is 5.01. The molecule has 2 aromatic carbocycles. The molecule has 1 saturated heterocycles. The van der Waals surface area contributed by atoms with E-state index < -0.39 is 0 Å². The van der Waals surface area contributed by atoms with Crippen LogP contribution in [0.15, 0.2) is 53.6 Å². The summed E-state index contributed by atoms with van der Waals surface area (Å²) in [5, 5.41) is 4.27. The van der Waals surface area contributed by atoms with E-state index in [1.165, 1.54) is 38.8 Å². The summed E-state index contributed by atoms with van der Waals surface area (Å²) in [6.45, 7) is 4.28. The van der Waals surface area contributed by atoms with Gasteiger partial charge < -0.3 is 0 Å². The van der Waals surface area contributed by atoms with Crippen molar-refractivity contribution in [2.24, 2.45) is 0 Å². The van der Waals surface area contributed by atoms with Gasteiger partial charge in [0.05, 0.1) is 12.2 Å². The molecule has 2 heterocycles. The van der Waals surface area contributed by atoms with Crippen LogP contribution in [0.25, 0.3) is 5.69 Å². The fraction of sp³-hybridized carbons (Fsp3) is 0.300. The van der Waals surface area contributed by atoms with Gasteiger partial charge in [-0.2, -0.15) is 9.78 Å². The Hall–Kier alpha value is -2.77. The third-order valence-corrected chi connectivity index (χ3v) is 5.01. The van der Waals surface area contributed by atoms with Crippen molar-refractivity contribution in [1.29, 1.82) is 0 Å². The molecule has 2 N–H and O–H groups in total. The van der Waals surface area contributed by atoms with Gasteiger partial charge in [0.25, 0.3) is 0 Å². The van der Waals surface area contributed by atoms with Gasteiger partial charge in [0, 0.05) is 19.0 Å². The zero-order valence-corrected chi connectivity index (χ0v) is 15.2. The van der Waals surface area contributed by atoms with E-state index in [0.717, 1.165) is 30.8 Å². The Labute approximate surface area is 156 Å². The first-order valence-electron chi connectivity index (χ1n) is 9.13. The van der Waals surface area contributed by atoms with Gasteiger partial charge >= 0.3 is 5.69 Å². The van der Waals surface area contributed by atoms with Crippen LogP contribution in [0.5, 0.6) is 0 Å². The van der Waals surface area contributed by atoms with Crippen LogP contribution in [0.3, 0.4) is 0 Å². The molecule has 4 rings (SSSR count). The van der Waals surface area contributed by atoms with Crippen LogP contribution in [-0.4, -0.2) is 27.4 Å². The highest BCUT2D eigenvalue weighted by atomic mass is 19.1. The van der Waals surface area contributed by atoms with E-state index in [2.05, 4.69) is 28.9 Å². The van der Waals surface area contributed by atoms with Crippen molar-refractivity contribution in [3.63, 3.8) is 0 Å². The Morgan fingerprint density at radius 1 is 1.15 bits per heavy atom. The average Bonchev–Trinajstić information content (AvgIpc) is 3.34. The highest BCUT2D eigenvalue weighted by Crippen LogP contribution is 2.24. The van der Waals surface area contributed by atoms with Gasteiger partial charge in [-0.25, -0.2) is 9.18 Å². The summed E-state index contributed by atoms with van der Waals surface area (Å²) in [5.74, 6) is 0.142. The Kier molecular flexibility index (Phi) is 4.87. The molecule has 0 saturated carbocycles. The summed E-state index contributed by atoms with van der Waals surface area (Å²) >= 11 is 0. The molecule has 0 spiro atoms. The van der Waals surface area contributed by atoms with Crippen LogP contribution in [-0.2, 0) is 13.0 Å². The fourth-order valence-electron chi connectivity index (χ4n) is 3.52. The summed E-state index contributed by atoms with van der Waals surface area (Å²) in [6.07, 6.45) is 2.42. The van der Waals surface area contributed by atoms with Gasteiger partial charge in [0.15, 0.2) is 0 Å². The van der Waals surface area contributed by atoms with E-state index in [9.17, 15) is 9.18 Å². The minimum Gasteiger partial charge on any atom is -0.277 e. The Morgan fingerprint density at radius 3 is 2.59 bits per heavy atom. The number of hydrogen-bond acceptors (Lipinski definition) is 4. The van der Waals surface area contributed by atoms with Gasteiger partial charge in [0.1, 0.15) is 12.1 Å². The van der Waals surface area contributed by atoms with E-state index in [0.29, 0.717) is 12.5 Å². The second-order valence-electron chi connectivity index (χ2n) is 6.78. The summed E-state index contributed by atoms with van der Waals surface area (Å²) in [5.41, 5.74) is 10.3. The molecule has 0 bridgehead atoms. The van der Waals surface area contributed by atoms with Crippen LogP contribution in [0.2, 0.25) is 0 Å². The average molecular weight is 367 g/mol. The molecule has 0 atom stereocenters. The minimum absolute atomic E-state index is 0.210. The second kappa shape index (κ2) is 7.46. The monoisotopic (exact) mass is 367 g/mol. The van der Waals surface area contributed by atoms with Gasteiger partial charge in [-0.1, -0.05) is 25.1 Å². The summed E-state index contributed by atoms with van der Waals surface area (Å²) in [7, 11) is 0. The van der Waals surface area contributed by atoms with Crippen molar-refractivity contribution in [1.82, 2.24) is 25.2 Å². The van der Waals surface area contributed by atoms with Crippen LogP contribution < -0.4 is 16.5 Å². The standard InChI is InChI=1S/C20H22FN5O/c1-2-15-9-18(7-8-19(15)16-10-22-23-11-16)26-20(27)25(13-24-26)12-14-3-5-17(21)6-4-14/h3-9,13,16,22-23H,2,10-12H2,1H3. The lowest BCUT2D eigenvalue weighted by atomic mass is 9.93. The number of aromatic nitrogens is 3. The maximum Gasteiger partial charge on any atom is 0.350 e. The van der Waals surface area contributed by atoms with Crippen molar-refractivity contribution in [3.8, 4) is 5.69 Å². The first kappa shape index (κ1) is 17.6. The van der Waals surface area contributed by atoms with Crippen molar-refractivity contribution in [3.05, 3.63) is 81.8 Å². The molecule has 3 aromatic rings. The summed E-state index contributed by atoms with van der Waals surface area (Å²) < 4.78 is 16.0. The lowest BCUT2D eigenvalue weighted by Gasteiger charge is -2.14. The van der Waals surface area contributed by atoms with Crippen LogP contribution in [0.1, 0.15) is 29.5 Å². The van der Waals surface area contributed by atoms with Crippen LogP contribution >= 0.6 is 0 Å². The largest absolute Gasteiger partial charge is 0.350 e. The number of halogens is 1. The molecule has 6 nitrogen and oxygen atoms in total. The van der Waals surface area contributed by atoms with Crippen molar-refractivity contribution >= 4 is 0 Å². The first-order valence-corrected chi connectivity index (χ1v) is 9.13. The number of nitrogens with zero attached hydrogens (tertiary/aromatic N) is 3. The third kappa shape index (κ3) is 3.56. The molecule has 1 aliphatic heterocycles. The molecule has 1 fully saturated rings. The van der Waals surface area contributed by atoms with Crippen molar-refractivity contribution < 1.29 is 4.39 Å². The van der Waals surface area contributed by atoms with E-state index >= 15 is 0 Å². The van der Waals surface area contributed by atoms with E-state index in [4.69, 9.17) is 0 Å². The molecule has 7 heteroatoms. The molecule has 1 aliphatic rings. The van der Waals surface area contributed by atoms with Crippen molar-refractivity contribution in [2.75, 3.05) is 13.1 Å². The molecule has 0 amide bonds. The molecule has 0 aliphatic carbocycles. The molecule has 27 heavy (non-hydrogen) atoms. The molecular weight excluding hydrogens is 345 g/mol. The van der Waals surface area contributed by atoms with E-state index in [1.807, 2.05) is 12.1 Å². The summed E-state index contributed by atoms with van der Waals surface area (Å²) in [6, 6.07) is 12.2. The number of aryl methyl sites for hydroxylation is 1. The smallest absolute Gasteiger partial charge is 0.277 e. The quantitative estimate of drug-likeness (QED) is 0.724. The van der Waals surface area contributed by atoms with E-state index in [1.54, 1.807) is 12.1 Å². The highest BCUT2D eigenvalue weighted by Gasteiger charge is 2.19. The number of hydrogen-bond donors (Lipinski definition) is 2. The Balaban J connectivity index is 1.63. The number of nitrogens with one attached hydrogen (secondary N) is 2. The molecule has 0 unspecified atom stereocenters. The van der Waals surface area contributed by atoms with Gasteiger partial charge in [0.2, 0.25) is 0 Å². The topological polar surface area (TPSA) is 63.9 Å². The maximum atomic E-state index is 13.1. The Morgan fingerprint density at radius 2 is 1.89 bits per heavy atom. The molecule has 140 valence electrons. The SMILES string of the molecule is CCc1cc(-n2ncn(Cc3ccc(F)cc3)c2=O)ccc1C1CNNC1. The second-order valence-corrected chi connectivity index (χ2v) is 6.78. The van der Waals surface area contributed by atoms with Crippen molar-refractivity contribution in [2.45, 2.75) is 25.8 Å². The highest BCUT2D eigenvalue weighted by molar-refractivity contribution is 5.42. The van der Waals surface area contributed by atoms with E-state index in [-0.39, 0.29) is 11.5 Å². The van der Waals surface area contributed by atoms with Crippen LogP contribution in [0, 0.1) is 5.82 Å². The number of benzene rings is 2. The lowest BCUT2D eigenvalue weighted by molar-refractivity contribution is 0.626. The zero-order valence-electron chi connectivity index (χ0n) is 15.2. The number of hydrazine groups is 1. The zero-order chi connectivity index (χ0) is 18.8. The van der Waals surface area contributed by atoms with Gasteiger partial charge in [-0.3, -0.25) is 15.4 Å². The van der Waals surface area contributed by atoms with Gasteiger partial charge in [-0.05, 0) is 47.4 Å².